The van der Waals surface area contributed by atoms with Crippen LogP contribution in [0.25, 0.3) is 0 Å². The molecule has 0 aliphatic carbocycles. The predicted octanol–water partition coefficient (Wildman–Crippen LogP) is 1.28. The number of nitrogens with zero attached hydrogens (tertiary/aromatic N) is 1. The zero-order valence-electron chi connectivity index (χ0n) is 11.6. The molecule has 0 saturated carbocycles. The molecule has 100 valence electrons. The third kappa shape index (κ3) is 4.37. The van der Waals surface area contributed by atoms with E-state index in [0.29, 0.717) is 6.54 Å². The van der Waals surface area contributed by atoms with Gasteiger partial charge in [0.15, 0.2) is 0 Å². The molecular formula is C14H23N3O. The summed E-state index contributed by atoms with van der Waals surface area (Å²) in [4.78, 5) is 13.4. The fourth-order valence-corrected chi connectivity index (χ4v) is 1.87. The van der Waals surface area contributed by atoms with Crippen molar-refractivity contribution in [3.05, 3.63) is 29.8 Å². The van der Waals surface area contributed by atoms with Crippen molar-refractivity contribution in [2.45, 2.75) is 32.9 Å². The van der Waals surface area contributed by atoms with E-state index in [0.717, 1.165) is 5.69 Å². The van der Waals surface area contributed by atoms with E-state index in [9.17, 15) is 4.79 Å². The number of hydrogen-bond donors (Lipinski definition) is 2. The van der Waals surface area contributed by atoms with Crippen molar-refractivity contribution < 1.29 is 4.79 Å². The van der Waals surface area contributed by atoms with E-state index in [2.05, 4.69) is 24.4 Å². The van der Waals surface area contributed by atoms with E-state index in [1.807, 2.05) is 37.9 Å². The highest BCUT2D eigenvalue weighted by Crippen LogP contribution is 2.14. The number of benzene rings is 1. The van der Waals surface area contributed by atoms with Crippen LogP contribution in [0.15, 0.2) is 24.3 Å². The Hall–Kier alpha value is -1.55. The van der Waals surface area contributed by atoms with Crippen LogP contribution in [0.1, 0.15) is 19.4 Å². The van der Waals surface area contributed by atoms with Crippen LogP contribution in [0.5, 0.6) is 0 Å². The highest BCUT2D eigenvalue weighted by atomic mass is 16.1. The molecule has 0 aliphatic rings. The van der Waals surface area contributed by atoms with Crippen LogP contribution in [-0.4, -0.2) is 31.6 Å². The number of nitrogens with two attached hydrogens (primary N) is 1. The number of rotatable bonds is 6. The molecule has 0 spiro atoms. The summed E-state index contributed by atoms with van der Waals surface area (Å²) in [5, 5.41) is 3.18. The van der Waals surface area contributed by atoms with E-state index in [1.165, 1.54) is 5.56 Å². The van der Waals surface area contributed by atoms with E-state index < -0.39 is 0 Å². The average molecular weight is 249 g/mol. The molecule has 18 heavy (non-hydrogen) atoms. The van der Waals surface area contributed by atoms with Gasteiger partial charge in [-0.05, 0) is 24.6 Å². The first kappa shape index (κ1) is 14.5. The lowest BCUT2D eigenvalue weighted by Gasteiger charge is -2.26. The molecule has 0 radical (unpaired) electrons. The molecule has 0 heterocycles. The molecule has 1 aromatic carbocycles. The molecule has 1 rings (SSSR count). The Morgan fingerprint density at radius 3 is 2.61 bits per heavy atom. The van der Waals surface area contributed by atoms with Crippen molar-refractivity contribution >= 4 is 11.6 Å². The quantitative estimate of drug-likeness (QED) is 0.798. The number of anilines is 1. The van der Waals surface area contributed by atoms with Gasteiger partial charge in [0.1, 0.15) is 6.04 Å². The van der Waals surface area contributed by atoms with Gasteiger partial charge in [-0.2, -0.15) is 0 Å². The minimum atomic E-state index is -0.337. The fourth-order valence-electron chi connectivity index (χ4n) is 1.87. The molecule has 4 heteroatoms. The van der Waals surface area contributed by atoms with Crippen LogP contribution in [0.2, 0.25) is 0 Å². The summed E-state index contributed by atoms with van der Waals surface area (Å²) < 4.78 is 0. The zero-order chi connectivity index (χ0) is 13.7. The third-order valence-corrected chi connectivity index (χ3v) is 2.78. The Balaban J connectivity index is 2.72. The maximum Gasteiger partial charge on any atom is 0.236 e. The molecule has 1 amide bonds. The van der Waals surface area contributed by atoms with Crippen molar-refractivity contribution in [1.29, 1.82) is 0 Å². The summed E-state index contributed by atoms with van der Waals surface area (Å²) in [7, 11) is 1.96. The monoisotopic (exact) mass is 249 g/mol. The lowest BCUT2D eigenvalue weighted by atomic mass is 10.2. The van der Waals surface area contributed by atoms with Gasteiger partial charge in [0.2, 0.25) is 5.91 Å². The molecule has 1 unspecified atom stereocenters. The van der Waals surface area contributed by atoms with Gasteiger partial charge in [-0.1, -0.05) is 26.0 Å². The summed E-state index contributed by atoms with van der Waals surface area (Å²) in [6.45, 7) is 6.62. The van der Waals surface area contributed by atoms with Crippen molar-refractivity contribution in [3.63, 3.8) is 0 Å². The molecule has 1 atom stereocenters. The molecule has 0 aliphatic heterocycles. The van der Waals surface area contributed by atoms with Gasteiger partial charge in [0.05, 0.1) is 0 Å². The van der Waals surface area contributed by atoms with Crippen LogP contribution >= 0.6 is 0 Å². The summed E-state index contributed by atoms with van der Waals surface area (Å²) in [6, 6.07) is 8.07. The molecule has 0 aromatic heterocycles. The SMILES string of the molecule is Cc1cccc(N(C)CC(NC(C)C)C(N)=O)c1. The first-order chi connectivity index (χ1) is 8.40. The Labute approximate surface area is 109 Å². The van der Waals surface area contributed by atoms with E-state index in [1.54, 1.807) is 0 Å². The van der Waals surface area contributed by atoms with Gasteiger partial charge in [-0.3, -0.25) is 4.79 Å². The standard InChI is InChI=1S/C14H23N3O/c1-10(2)16-13(14(15)18)9-17(4)12-7-5-6-11(3)8-12/h5-8,10,13,16H,9H2,1-4H3,(H2,15,18). The maximum absolute atomic E-state index is 11.4. The van der Waals surface area contributed by atoms with E-state index in [4.69, 9.17) is 5.73 Å². The molecular weight excluding hydrogens is 226 g/mol. The number of carbonyl (C=O) groups excluding carboxylic acids is 1. The second-order valence-corrected chi connectivity index (χ2v) is 5.00. The van der Waals surface area contributed by atoms with Crippen molar-refractivity contribution in [3.8, 4) is 0 Å². The molecule has 1 aromatic rings. The smallest absolute Gasteiger partial charge is 0.236 e. The fraction of sp³-hybridized carbons (Fsp3) is 0.500. The molecule has 0 fully saturated rings. The van der Waals surface area contributed by atoms with Gasteiger partial charge >= 0.3 is 0 Å². The van der Waals surface area contributed by atoms with E-state index in [-0.39, 0.29) is 18.0 Å². The number of aryl methyl sites for hydroxylation is 1. The number of nitrogens with one attached hydrogen (secondary N) is 1. The minimum absolute atomic E-state index is 0.230. The van der Waals surface area contributed by atoms with Gasteiger partial charge in [0, 0.05) is 25.3 Å². The van der Waals surface area contributed by atoms with Crippen molar-refractivity contribution in [2.75, 3.05) is 18.5 Å². The summed E-state index contributed by atoms with van der Waals surface area (Å²) in [6.07, 6.45) is 0. The molecule has 4 nitrogen and oxygen atoms in total. The Kier molecular flexibility index (Phi) is 5.16. The number of hydrogen-bond acceptors (Lipinski definition) is 3. The second kappa shape index (κ2) is 6.40. The van der Waals surface area contributed by atoms with Gasteiger partial charge in [-0.25, -0.2) is 0 Å². The highest BCUT2D eigenvalue weighted by Gasteiger charge is 2.18. The Morgan fingerprint density at radius 2 is 2.11 bits per heavy atom. The number of primary amides is 1. The number of amides is 1. The first-order valence-electron chi connectivity index (χ1n) is 6.23. The van der Waals surface area contributed by atoms with Crippen LogP contribution in [0, 0.1) is 6.92 Å². The van der Waals surface area contributed by atoms with Crippen LogP contribution in [0.3, 0.4) is 0 Å². The topological polar surface area (TPSA) is 58.4 Å². The first-order valence-corrected chi connectivity index (χ1v) is 6.23. The van der Waals surface area contributed by atoms with Crippen LogP contribution in [0.4, 0.5) is 5.69 Å². The predicted molar refractivity (Wildman–Crippen MR) is 75.7 cm³/mol. The van der Waals surface area contributed by atoms with Gasteiger partial charge in [-0.15, -0.1) is 0 Å². The lowest BCUT2D eigenvalue weighted by Crippen LogP contribution is -2.50. The normalized spacial score (nSPS) is 12.5. The summed E-state index contributed by atoms with van der Waals surface area (Å²) in [5.74, 6) is -0.316. The maximum atomic E-state index is 11.4. The summed E-state index contributed by atoms with van der Waals surface area (Å²) >= 11 is 0. The number of carbonyl (C=O) groups is 1. The second-order valence-electron chi connectivity index (χ2n) is 5.00. The van der Waals surface area contributed by atoms with Crippen LogP contribution < -0.4 is 16.0 Å². The third-order valence-electron chi connectivity index (χ3n) is 2.78. The average Bonchev–Trinajstić information content (AvgIpc) is 2.27. The summed E-state index contributed by atoms with van der Waals surface area (Å²) in [5.41, 5.74) is 7.70. The largest absolute Gasteiger partial charge is 0.372 e. The molecule has 0 saturated heterocycles. The van der Waals surface area contributed by atoms with Crippen molar-refractivity contribution in [2.24, 2.45) is 5.73 Å². The van der Waals surface area contributed by atoms with Gasteiger partial charge in [0.25, 0.3) is 0 Å². The minimum Gasteiger partial charge on any atom is -0.372 e. The Morgan fingerprint density at radius 1 is 1.44 bits per heavy atom. The molecule has 0 bridgehead atoms. The van der Waals surface area contributed by atoms with Crippen LogP contribution in [-0.2, 0) is 4.79 Å². The Bertz CT molecular complexity index is 404. The van der Waals surface area contributed by atoms with Gasteiger partial charge < -0.3 is 16.0 Å². The lowest BCUT2D eigenvalue weighted by molar-refractivity contribution is -0.119. The zero-order valence-corrected chi connectivity index (χ0v) is 11.6. The highest BCUT2D eigenvalue weighted by molar-refractivity contribution is 5.80. The molecule has 3 N–H and O–H groups in total. The number of likely N-dealkylation sites (N-methyl/N-ethyl adjacent to an activating group) is 1. The van der Waals surface area contributed by atoms with Crippen molar-refractivity contribution in [1.82, 2.24) is 5.32 Å². The van der Waals surface area contributed by atoms with E-state index >= 15 is 0 Å².